The maximum absolute atomic E-state index is 10.8. The second-order valence-corrected chi connectivity index (χ2v) is 3.88. The molecule has 0 aliphatic rings. The Balaban J connectivity index is 3.10. The second kappa shape index (κ2) is 3.92. The van der Waals surface area contributed by atoms with E-state index in [-0.39, 0.29) is 18.0 Å². The van der Waals surface area contributed by atoms with Crippen LogP contribution in [0.2, 0.25) is 0 Å². The zero-order valence-electron chi connectivity index (χ0n) is 7.60. The molecule has 0 heterocycles. The zero-order chi connectivity index (χ0) is 10.0. The first-order chi connectivity index (χ1) is 6.02. The molecule has 0 saturated heterocycles. The molecule has 70 valence electrons. The summed E-state index contributed by atoms with van der Waals surface area (Å²) in [5.41, 5.74) is 1.63. The average Bonchev–Trinajstić information content (AvgIpc) is 2.06. The van der Waals surface area contributed by atoms with E-state index in [1.54, 1.807) is 6.07 Å². The molecule has 1 aromatic rings. The fraction of sp³-hybridized carbons (Fsp3) is 0.300. The second-order valence-electron chi connectivity index (χ2n) is 3.08. The van der Waals surface area contributed by atoms with Crippen LogP contribution in [-0.2, 0) is 11.2 Å². The predicted molar refractivity (Wildman–Crippen MR) is 54.9 cm³/mol. The van der Waals surface area contributed by atoms with E-state index in [0.29, 0.717) is 10.0 Å². The number of aromatic hydroxyl groups is 1. The average molecular weight is 243 g/mol. The van der Waals surface area contributed by atoms with Crippen molar-refractivity contribution in [2.24, 2.45) is 0 Å². The molecule has 0 bridgehead atoms. The Kier molecular flexibility index (Phi) is 3.09. The summed E-state index contributed by atoms with van der Waals surface area (Å²) >= 11 is 3.26. The number of carbonyl (C=O) groups excluding carboxylic acids is 1. The van der Waals surface area contributed by atoms with E-state index < -0.39 is 0 Å². The van der Waals surface area contributed by atoms with E-state index in [2.05, 4.69) is 15.9 Å². The van der Waals surface area contributed by atoms with E-state index in [9.17, 15) is 9.90 Å². The van der Waals surface area contributed by atoms with Crippen molar-refractivity contribution in [3.8, 4) is 5.75 Å². The van der Waals surface area contributed by atoms with Crippen molar-refractivity contribution in [1.82, 2.24) is 0 Å². The van der Waals surface area contributed by atoms with Gasteiger partial charge in [0.25, 0.3) is 0 Å². The smallest absolute Gasteiger partial charge is 0.134 e. The highest BCUT2D eigenvalue weighted by atomic mass is 79.9. The summed E-state index contributed by atoms with van der Waals surface area (Å²) in [5, 5.41) is 9.63. The lowest BCUT2D eigenvalue weighted by molar-refractivity contribution is -0.116. The third-order valence-electron chi connectivity index (χ3n) is 1.83. The minimum Gasteiger partial charge on any atom is -0.506 e. The lowest BCUT2D eigenvalue weighted by Gasteiger charge is -2.06. The van der Waals surface area contributed by atoms with Crippen molar-refractivity contribution in [2.75, 3.05) is 0 Å². The van der Waals surface area contributed by atoms with Crippen LogP contribution < -0.4 is 0 Å². The van der Waals surface area contributed by atoms with E-state index in [4.69, 9.17) is 0 Å². The number of phenolic OH excluding ortho intramolecular Hbond substituents is 1. The summed E-state index contributed by atoms with van der Waals surface area (Å²) in [6.45, 7) is 3.40. The molecule has 13 heavy (non-hydrogen) atoms. The van der Waals surface area contributed by atoms with Gasteiger partial charge in [-0.2, -0.15) is 0 Å². The molecule has 0 atom stereocenters. The number of benzene rings is 1. The fourth-order valence-corrected chi connectivity index (χ4v) is 1.50. The van der Waals surface area contributed by atoms with Crippen molar-refractivity contribution < 1.29 is 9.90 Å². The molecular weight excluding hydrogens is 232 g/mol. The first-order valence-electron chi connectivity index (χ1n) is 3.98. The Morgan fingerprint density at radius 2 is 2.15 bits per heavy atom. The van der Waals surface area contributed by atoms with Crippen molar-refractivity contribution >= 4 is 21.7 Å². The number of halogens is 1. The maximum atomic E-state index is 10.8. The van der Waals surface area contributed by atoms with E-state index >= 15 is 0 Å². The van der Waals surface area contributed by atoms with Gasteiger partial charge in [-0.05, 0) is 35.3 Å². The van der Waals surface area contributed by atoms with Gasteiger partial charge in [0.2, 0.25) is 0 Å². The molecule has 0 amide bonds. The minimum atomic E-state index is 0.0473. The highest BCUT2D eigenvalue weighted by Gasteiger charge is 2.08. The first kappa shape index (κ1) is 10.3. The quantitative estimate of drug-likeness (QED) is 0.866. The summed E-state index contributed by atoms with van der Waals surface area (Å²) in [5.74, 6) is 0.223. The maximum Gasteiger partial charge on any atom is 0.134 e. The SMILES string of the molecule is CC(=O)Cc1ccc(C)c(Br)c1O. The molecule has 0 aromatic heterocycles. The monoisotopic (exact) mass is 242 g/mol. The number of carbonyl (C=O) groups is 1. The van der Waals surface area contributed by atoms with Crippen LogP contribution in [0.3, 0.4) is 0 Å². The van der Waals surface area contributed by atoms with E-state index in [1.165, 1.54) is 6.92 Å². The summed E-state index contributed by atoms with van der Waals surface area (Å²) in [7, 11) is 0. The molecule has 0 unspecified atom stereocenters. The number of hydrogen-bond acceptors (Lipinski definition) is 2. The van der Waals surface area contributed by atoms with Gasteiger partial charge in [0.1, 0.15) is 11.5 Å². The molecule has 0 aliphatic carbocycles. The van der Waals surface area contributed by atoms with Crippen LogP contribution >= 0.6 is 15.9 Å². The van der Waals surface area contributed by atoms with E-state index in [0.717, 1.165) is 5.56 Å². The van der Waals surface area contributed by atoms with Gasteiger partial charge in [0.15, 0.2) is 0 Å². The summed E-state index contributed by atoms with van der Waals surface area (Å²) in [6.07, 6.45) is 0.282. The standard InChI is InChI=1S/C10H11BrO2/c1-6-3-4-8(5-7(2)12)10(13)9(6)11/h3-4,13H,5H2,1-2H3. The third kappa shape index (κ3) is 2.31. The molecule has 1 aromatic carbocycles. The number of rotatable bonds is 2. The number of Topliss-reactive ketones (excluding diaryl/α,β-unsaturated/α-hetero) is 1. The molecule has 2 nitrogen and oxygen atoms in total. The first-order valence-corrected chi connectivity index (χ1v) is 4.78. The number of ketones is 1. The number of hydrogen-bond donors (Lipinski definition) is 1. The van der Waals surface area contributed by atoms with Gasteiger partial charge in [-0.3, -0.25) is 4.79 Å². The van der Waals surface area contributed by atoms with Gasteiger partial charge in [0, 0.05) is 12.0 Å². The van der Waals surface area contributed by atoms with Crippen LogP contribution in [-0.4, -0.2) is 10.9 Å². The van der Waals surface area contributed by atoms with Crippen LogP contribution in [0.15, 0.2) is 16.6 Å². The molecule has 0 radical (unpaired) electrons. The van der Waals surface area contributed by atoms with Gasteiger partial charge in [-0.1, -0.05) is 12.1 Å². The van der Waals surface area contributed by atoms with Crippen molar-refractivity contribution in [2.45, 2.75) is 20.3 Å². The minimum absolute atomic E-state index is 0.0473. The van der Waals surface area contributed by atoms with Gasteiger partial charge < -0.3 is 5.11 Å². The molecule has 0 spiro atoms. The largest absolute Gasteiger partial charge is 0.506 e. The van der Waals surface area contributed by atoms with Gasteiger partial charge in [-0.25, -0.2) is 0 Å². The highest BCUT2D eigenvalue weighted by molar-refractivity contribution is 9.10. The van der Waals surface area contributed by atoms with Crippen LogP contribution in [0.25, 0.3) is 0 Å². The molecule has 0 fully saturated rings. The van der Waals surface area contributed by atoms with Crippen molar-refractivity contribution in [3.63, 3.8) is 0 Å². The Bertz CT molecular complexity index is 345. The van der Waals surface area contributed by atoms with Crippen LogP contribution in [0.1, 0.15) is 18.1 Å². The highest BCUT2D eigenvalue weighted by Crippen LogP contribution is 2.31. The van der Waals surface area contributed by atoms with Gasteiger partial charge in [0.05, 0.1) is 4.47 Å². The topological polar surface area (TPSA) is 37.3 Å². The number of aryl methyl sites for hydroxylation is 1. The molecular formula is C10H11BrO2. The molecule has 3 heteroatoms. The Morgan fingerprint density at radius 3 is 2.69 bits per heavy atom. The molecule has 1 N–H and O–H groups in total. The van der Waals surface area contributed by atoms with Gasteiger partial charge in [-0.15, -0.1) is 0 Å². The summed E-state index contributed by atoms with van der Waals surface area (Å²) < 4.78 is 0.672. The van der Waals surface area contributed by atoms with E-state index in [1.807, 2.05) is 13.0 Å². The lowest BCUT2D eigenvalue weighted by atomic mass is 10.1. The van der Waals surface area contributed by atoms with Gasteiger partial charge >= 0.3 is 0 Å². The Labute approximate surface area is 85.7 Å². The van der Waals surface area contributed by atoms with Crippen LogP contribution in [0.5, 0.6) is 5.75 Å². The van der Waals surface area contributed by atoms with Crippen molar-refractivity contribution in [1.29, 1.82) is 0 Å². The molecule has 0 saturated carbocycles. The van der Waals surface area contributed by atoms with Crippen molar-refractivity contribution in [3.05, 3.63) is 27.7 Å². The third-order valence-corrected chi connectivity index (χ3v) is 2.83. The summed E-state index contributed by atoms with van der Waals surface area (Å²) in [4.78, 5) is 10.8. The zero-order valence-corrected chi connectivity index (χ0v) is 9.18. The normalized spacial score (nSPS) is 10.1. The van der Waals surface area contributed by atoms with Crippen LogP contribution in [0, 0.1) is 6.92 Å². The molecule has 1 rings (SSSR count). The van der Waals surface area contributed by atoms with Crippen LogP contribution in [0.4, 0.5) is 0 Å². The summed E-state index contributed by atoms with van der Waals surface area (Å²) in [6, 6.07) is 3.65. The molecule has 0 aliphatic heterocycles. The predicted octanol–water partition coefficient (Wildman–Crippen LogP) is 2.59. The number of phenols is 1. The fourth-order valence-electron chi connectivity index (χ4n) is 1.12. The lowest BCUT2D eigenvalue weighted by Crippen LogP contribution is -1.97. The Hall–Kier alpha value is -0.830. The Morgan fingerprint density at radius 1 is 1.54 bits per heavy atom.